The van der Waals surface area contributed by atoms with Crippen LogP contribution in [-0.2, 0) is 16.1 Å². The summed E-state index contributed by atoms with van der Waals surface area (Å²) in [6, 6.07) is 23.4. The minimum atomic E-state index is -0.302. The summed E-state index contributed by atoms with van der Waals surface area (Å²) in [4.78, 5) is 29.3. The number of amides is 2. The standard InChI is InChI=1S/C26H24N2O2S/c1-17-12-14-21(15-13-17)31-24-23(27-22-11-7-8-18(2)19(22)3)25(29)28(26(24)30)16-20-9-5-4-6-10-20/h4-15,27H,16H2,1-3H3. The lowest BCUT2D eigenvalue weighted by atomic mass is 10.1. The van der Waals surface area contributed by atoms with Gasteiger partial charge in [0.05, 0.1) is 6.54 Å². The van der Waals surface area contributed by atoms with Gasteiger partial charge < -0.3 is 5.32 Å². The predicted octanol–water partition coefficient (Wildman–Crippen LogP) is 5.60. The van der Waals surface area contributed by atoms with Crippen LogP contribution in [0.2, 0.25) is 0 Å². The molecule has 4 nitrogen and oxygen atoms in total. The maximum atomic E-state index is 13.3. The van der Waals surface area contributed by atoms with Gasteiger partial charge in [0.25, 0.3) is 11.8 Å². The van der Waals surface area contributed by atoms with E-state index in [2.05, 4.69) is 5.32 Å². The number of imide groups is 1. The number of carbonyl (C=O) groups excluding carboxylic acids is 2. The maximum absolute atomic E-state index is 13.3. The van der Waals surface area contributed by atoms with E-state index in [1.807, 2.05) is 93.6 Å². The molecule has 0 aromatic heterocycles. The van der Waals surface area contributed by atoms with Crippen molar-refractivity contribution in [2.45, 2.75) is 32.2 Å². The lowest BCUT2D eigenvalue weighted by molar-refractivity contribution is -0.137. The van der Waals surface area contributed by atoms with Gasteiger partial charge >= 0.3 is 0 Å². The highest BCUT2D eigenvalue weighted by Crippen LogP contribution is 2.37. The lowest BCUT2D eigenvalue weighted by Gasteiger charge is -2.16. The highest BCUT2D eigenvalue weighted by atomic mass is 32.2. The first-order valence-corrected chi connectivity index (χ1v) is 11.0. The topological polar surface area (TPSA) is 49.4 Å². The van der Waals surface area contributed by atoms with Gasteiger partial charge in [-0.2, -0.15) is 0 Å². The molecule has 2 amide bonds. The van der Waals surface area contributed by atoms with Gasteiger partial charge in [-0.3, -0.25) is 14.5 Å². The molecule has 156 valence electrons. The van der Waals surface area contributed by atoms with Gasteiger partial charge in [-0.25, -0.2) is 0 Å². The monoisotopic (exact) mass is 428 g/mol. The molecule has 0 aliphatic carbocycles. The zero-order valence-corrected chi connectivity index (χ0v) is 18.6. The molecule has 0 atom stereocenters. The lowest BCUT2D eigenvalue weighted by Crippen LogP contribution is -2.32. The number of benzene rings is 3. The van der Waals surface area contributed by atoms with Gasteiger partial charge in [0.1, 0.15) is 10.6 Å². The SMILES string of the molecule is Cc1ccc(SC2=C(Nc3cccc(C)c3C)C(=O)N(Cc3ccccc3)C2=O)cc1. The second-order valence-corrected chi connectivity index (χ2v) is 8.76. The molecule has 3 aromatic rings. The van der Waals surface area contributed by atoms with E-state index in [-0.39, 0.29) is 18.4 Å². The highest BCUT2D eigenvalue weighted by molar-refractivity contribution is 8.04. The van der Waals surface area contributed by atoms with Crippen molar-refractivity contribution in [3.8, 4) is 0 Å². The van der Waals surface area contributed by atoms with Crippen molar-refractivity contribution in [2.24, 2.45) is 0 Å². The van der Waals surface area contributed by atoms with Crippen LogP contribution in [0.1, 0.15) is 22.3 Å². The molecule has 0 saturated heterocycles. The van der Waals surface area contributed by atoms with E-state index in [4.69, 9.17) is 0 Å². The van der Waals surface area contributed by atoms with Crippen molar-refractivity contribution >= 4 is 29.3 Å². The minimum absolute atomic E-state index is 0.244. The molecule has 0 bridgehead atoms. The molecule has 5 heteroatoms. The van der Waals surface area contributed by atoms with Gasteiger partial charge in [0.2, 0.25) is 0 Å². The third kappa shape index (κ3) is 4.42. The third-order valence-corrected chi connectivity index (χ3v) is 6.50. The first-order chi connectivity index (χ1) is 14.9. The summed E-state index contributed by atoms with van der Waals surface area (Å²) >= 11 is 1.33. The van der Waals surface area contributed by atoms with E-state index in [0.717, 1.165) is 32.8 Å². The van der Waals surface area contributed by atoms with Crippen LogP contribution in [0.15, 0.2) is 88.3 Å². The number of anilines is 1. The molecule has 0 spiro atoms. The van der Waals surface area contributed by atoms with Crippen LogP contribution in [0.5, 0.6) is 0 Å². The summed E-state index contributed by atoms with van der Waals surface area (Å²) in [7, 11) is 0. The summed E-state index contributed by atoms with van der Waals surface area (Å²) in [6.07, 6.45) is 0. The highest BCUT2D eigenvalue weighted by Gasteiger charge is 2.39. The Bertz CT molecular complexity index is 1170. The van der Waals surface area contributed by atoms with Crippen molar-refractivity contribution < 1.29 is 9.59 Å². The van der Waals surface area contributed by atoms with Gasteiger partial charge in [-0.15, -0.1) is 0 Å². The Morgan fingerprint density at radius 2 is 1.52 bits per heavy atom. The van der Waals surface area contributed by atoms with Gasteiger partial charge in [0.15, 0.2) is 0 Å². The van der Waals surface area contributed by atoms with Crippen LogP contribution in [0.25, 0.3) is 0 Å². The van der Waals surface area contributed by atoms with Crippen LogP contribution >= 0.6 is 11.8 Å². The summed E-state index contributed by atoms with van der Waals surface area (Å²) in [6.45, 7) is 6.30. The third-order valence-electron chi connectivity index (χ3n) is 5.41. The fourth-order valence-corrected chi connectivity index (χ4v) is 4.36. The molecule has 1 aliphatic rings. The van der Waals surface area contributed by atoms with Crippen molar-refractivity contribution in [2.75, 3.05) is 5.32 Å². The number of aryl methyl sites for hydroxylation is 2. The minimum Gasteiger partial charge on any atom is -0.350 e. The van der Waals surface area contributed by atoms with E-state index >= 15 is 0 Å². The number of rotatable bonds is 6. The van der Waals surface area contributed by atoms with Crippen molar-refractivity contribution in [3.05, 3.63) is 106 Å². The summed E-state index contributed by atoms with van der Waals surface area (Å²) in [5.41, 5.74) is 5.40. The summed E-state index contributed by atoms with van der Waals surface area (Å²) in [5.74, 6) is -0.573. The molecule has 3 aromatic carbocycles. The molecule has 4 rings (SSSR count). The van der Waals surface area contributed by atoms with E-state index in [1.54, 1.807) is 0 Å². The van der Waals surface area contributed by atoms with Crippen LogP contribution in [0, 0.1) is 20.8 Å². The van der Waals surface area contributed by atoms with Crippen molar-refractivity contribution in [1.82, 2.24) is 4.90 Å². The van der Waals surface area contributed by atoms with E-state index in [1.165, 1.54) is 16.7 Å². The first kappa shape index (κ1) is 20.9. The average Bonchev–Trinajstić information content (AvgIpc) is 2.98. The van der Waals surface area contributed by atoms with Gasteiger partial charge in [-0.05, 0) is 55.7 Å². The molecule has 0 fully saturated rings. The fourth-order valence-electron chi connectivity index (χ4n) is 3.41. The number of carbonyl (C=O) groups is 2. The van der Waals surface area contributed by atoms with Crippen molar-refractivity contribution in [1.29, 1.82) is 0 Å². The summed E-state index contributed by atoms with van der Waals surface area (Å²) in [5, 5.41) is 3.27. The number of thioether (sulfide) groups is 1. The normalized spacial score (nSPS) is 13.8. The molecular formula is C26H24N2O2S. The molecule has 0 radical (unpaired) electrons. The van der Waals surface area contributed by atoms with Crippen molar-refractivity contribution in [3.63, 3.8) is 0 Å². The Balaban J connectivity index is 1.71. The molecular weight excluding hydrogens is 404 g/mol. The van der Waals surface area contributed by atoms with Crippen LogP contribution in [0.4, 0.5) is 5.69 Å². The first-order valence-electron chi connectivity index (χ1n) is 10.2. The number of hydrogen-bond acceptors (Lipinski definition) is 4. The molecule has 1 heterocycles. The number of nitrogens with zero attached hydrogens (tertiary/aromatic N) is 1. The number of hydrogen-bond donors (Lipinski definition) is 1. The van der Waals surface area contributed by atoms with Gasteiger partial charge in [0, 0.05) is 10.6 Å². The Kier molecular flexibility index (Phi) is 5.96. The molecule has 31 heavy (non-hydrogen) atoms. The molecule has 1 N–H and O–H groups in total. The van der Waals surface area contributed by atoms with E-state index < -0.39 is 0 Å². The molecule has 0 unspecified atom stereocenters. The second kappa shape index (κ2) is 8.82. The molecule has 0 saturated carbocycles. The zero-order chi connectivity index (χ0) is 22.0. The Hall–Kier alpha value is -3.31. The van der Waals surface area contributed by atoms with E-state index in [9.17, 15) is 9.59 Å². The largest absolute Gasteiger partial charge is 0.350 e. The number of nitrogens with one attached hydrogen (secondary N) is 1. The smallest absolute Gasteiger partial charge is 0.278 e. The van der Waals surface area contributed by atoms with Crippen LogP contribution < -0.4 is 5.32 Å². The Morgan fingerprint density at radius 3 is 2.23 bits per heavy atom. The quantitative estimate of drug-likeness (QED) is 0.520. The second-order valence-electron chi connectivity index (χ2n) is 7.67. The summed E-state index contributed by atoms with van der Waals surface area (Å²) < 4.78 is 0. The molecule has 1 aliphatic heterocycles. The van der Waals surface area contributed by atoms with Crippen LogP contribution in [-0.4, -0.2) is 16.7 Å². The fraction of sp³-hybridized carbons (Fsp3) is 0.154. The average molecular weight is 429 g/mol. The van der Waals surface area contributed by atoms with E-state index in [0.29, 0.717) is 10.6 Å². The predicted molar refractivity (Wildman–Crippen MR) is 126 cm³/mol. The Morgan fingerprint density at radius 1 is 0.806 bits per heavy atom. The van der Waals surface area contributed by atoms with Crippen LogP contribution in [0.3, 0.4) is 0 Å². The van der Waals surface area contributed by atoms with Gasteiger partial charge in [-0.1, -0.05) is 71.9 Å². The Labute approximate surface area is 187 Å². The maximum Gasteiger partial charge on any atom is 0.278 e. The zero-order valence-electron chi connectivity index (χ0n) is 17.8.